The Morgan fingerprint density at radius 2 is 2.25 bits per heavy atom. The number of aryl methyl sites for hydroxylation is 1. The molecule has 1 aliphatic heterocycles. The van der Waals surface area contributed by atoms with E-state index in [1.165, 1.54) is 10.9 Å². The number of hydrogen-bond acceptors (Lipinski definition) is 3. The average Bonchev–Trinajstić information content (AvgIpc) is 3.03. The molecule has 0 saturated carbocycles. The molecule has 1 aromatic heterocycles. The molecule has 0 amide bonds. The average molecular weight is 273 g/mol. The van der Waals surface area contributed by atoms with Crippen LogP contribution >= 0.6 is 0 Å². The van der Waals surface area contributed by atoms with Crippen molar-refractivity contribution < 1.29 is 9.15 Å². The van der Waals surface area contributed by atoms with Crippen LogP contribution in [0, 0.1) is 12.8 Å². The standard InChI is InChI=1S/C17H23NO2/c1-4-18-16(14-8-9-19-12(14)3)15-10-13-7-5-6-11(2)17(13)20-15/h5-7,10,12,14,16,18H,4,8-9H2,1-3H3. The summed E-state index contributed by atoms with van der Waals surface area (Å²) in [5.41, 5.74) is 2.21. The van der Waals surface area contributed by atoms with Gasteiger partial charge in [-0.05, 0) is 38.4 Å². The number of nitrogens with one attached hydrogen (secondary N) is 1. The SMILES string of the molecule is CCNC(c1cc2cccc(C)c2o1)C1CCOC1C. The highest BCUT2D eigenvalue weighted by molar-refractivity contribution is 5.81. The Morgan fingerprint density at radius 1 is 1.40 bits per heavy atom. The second kappa shape index (κ2) is 5.58. The molecular formula is C17H23NO2. The Labute approximate surface area is 120 Å². The highest BCUT2D eigenvalue weighted by Crippen LogP contribution is 2.36. The predicted molar refractivity (Wildman–Crippen MR) is 80.9 cm³/mol. The first kappa shape index (κ1) is 13.7. The Morgan fingerprint density at radius 3 is 2.90 bits per heavy atom. The molecule has 1 saturated heterocycles. The zero-order chi connectivity index (χ0) is 14.1. The van der Waals surface area contributed by atoms with Gasteiger partial charge in [0.15, 0.2) is 0 Å². The molecule has 0 aliphatic carbocycles. The minimum absolute atomic E-state index is 0.240. The van der Waals surface area contributed by atoms with Gasteiger partial charge in [0.25, 0.3) is 0 Å². The van der Waals surface area contributed by atoms with Gasteiger partial charge < -0.3 is 14.5 Å². The Balaban J connectivity index is 1.98. The summed E-state index contributed by atoms with van der Waals surface area (Å²) < 4.78 is 11.9. The van der Waals surface area contributed by atoms with Crippen molar-refractivity contribution in [3.8, 4) is 0 Å². The maximum Gasteiger partial charge on any atom is 0.137 e. The maximum atomic E-state index is 6.16. The summed E-state index contributed by atoms with van der Waals surface area (Å²) >= 11 is 0. The van der Waals surface area contributed by atoms with E-state index in [9.17, 15) is 0 Å². The van der Waals surface area contributed by atoms with E-state index in [1.807, 2.05) is 0 Å². The van der Waals surface area contributed by atoms with Gasteiger partial charge in [-0.3, -0.25) is 0 Å². The first-order valence-electron chi connectivity index (χ1n) is 7.54. The molecule has 3 atom stereocenters. The Hall–Kier alpha value is -1.32. The summed E-state index contributed by atoms with van der Waals surface area (Å²) in [4.78, 5) is 0. The van der Waals surface area contributed by atoms with Gasteiger partial charge in [0, 0.05) is 17.9 Å². The van der Waals surface area contributed by atoms with E-state index in [0.29, 0.717) is 5.92 Å². The summed E-state index contributed by atoms with van der Waals surface area (Å²) in [7, 11) is 0. The van der Waals surface area contributed by atoms with E-state index in [-0.39, 0.29) is 12.1 Å². The van der Waals surface area contributed by atoms with Crippen molar-refractivity contribution in [2.75, 3.05) is 13.2 Å². The zero-order valence-electron chi connectivity index (χ0n) is 12.5. The number of para-hydroxylation sites is 1. The topological polar surface area (TPSA) is 34.4 Å². The second-order valence-electron chi connectivity index (χ2n) is 5.71. The lowest BCUT2D eigenvalue weighted by atomic mass is 9.91. The van der Waals surface area contributed by atoms with E-state index >= 15 is 0 Å². The lowest BCUT2D eigenvalue weighted by molar-refractivity contribution is 0.0929. The molecule has 3 rings (SSSR count). The Kier molecular flexibility index (Phi) is 3.81. The normalized spacial score (nSPS) is 24.4. The molecule has 3 unspecified atom stereocenters. The molecule has 3 heteroatoms. The van der Waals surface area contributed by atoms with Crippen molar-refractivity contribution >= 4 is 11.0 Å². The minimum atomic E-state index is 0.240. The van der Waals surface area contributed by atoms with Crippen LogP contribution in [0.3, 0.4) is 0 Å². The third kappa shape index (κ3) is 2.36. The van der Waals surface area contributed by atoms with Gasteiger partial charge in [0.1, 0.15) is 11.3 Å². The molecule has 0 spiro atoms. The summed E-state index contributed by atoms with van der Waals surface area (Å²) in [5, 5.41) is 4.77. The van der Waals surface area contributed by atoms with Crippen molar-refractivity contribution in [3.63, 3.8) is 0 Å². The molecule has 2 heterocycles. The second-order valence-corrected chi connectivity index (χ2v) is 5.71. The molecule has 108 valence electrons. The van der Waals surface area contributed by atoms with E-state index in [4.69, 9.17) is 9.15 Å². The molecule has 0 bridgehead atoms. The van der Waals surface area contributed by atoms with Crippen LogP contribution < -0.4 is 5.32 Å². The summed E-state index contributed by atoms with van der Waals surface area (Å²) in [6.07, 6.45) is 1.38. The maximum absolute atomic E-state index is 6.16. The molecule has 3 nitrogen and oxygen atoms in total. The fourth-order valence-corrected chi connectivity index (χ4v) is 3.25. The van der Waals surface area contributed by atoms with Gasteiger partial charge in [-0.15, -0.1) is 0 Å². The van der Waals surface area contributed by atoms with Crippen LogP contribution in [0.2, 0.25) is 0 Å². The summed E-state index contributed by atoms with van der Waals surface area (Å²) in [6.45, 7) is 8.19. The highest BCUT2D eigenvalue weighted by atomic mass is 16.5. The molecule has 2 aromatic rings. The molecule has 0 radical (unpaired) electrons. The van der Waals surface area contributed by atoms with Crippen LogP contribution in [0.5, 0.6) is 0 Å². The van der Waals surface area contributed by atoms with E-state index in [0.717, 1.165) is 30.9 Å². The van der Waals surface area contributed by atoms with Crippen LogP contribution in [0.25, 0.3) is 11.0 Å². The highest BCUT2D eigenvalue weighted by Gasteiger charge is 2.34. The van der Waals surface area contributed by atoms with Gasteiger partial charge >= 0.3 is 0 Å². The molecule has 1 aliphatic rings. The number of benzene rings is 1. The first-order valence-corrected chi connectivity index (χ1v) is 7.54. The van der Waals surface area contributed by atoms with Crippen molar-refractivity contribution in [1.29, 1.82) is 0 Å². The largest absolute Gasteiger partial charge is 0.459 e. The minimum Gasteiger partial charge on any atom is -0.459 e. The number of fused-ring (bicyclic) bond motifs is 1. The van der Waals surface area contributed by atoms with Crippen LogP contribution in [-0.2, 0) is 4.74 Å². The summed E-state index contributed by atoms with van der Waals surface area (Å²) in [6, 6.07) is 8.72. The van der Waals surface area contributed by atoms with Crippen molar-refractivity contribution in [3.05, 3.63) is 35.6 Å². The quantitative estimate of drug-likeness (QED) is 0.919. The van der Waals surface area contributed by atoms with Crippen LogP contribution in [-0.4, -0.2) is 19.3 Å². The van der Waals surface area contributed by atoms with E-state index in [2.05, 4.69) is 50.4 Å². The lowest BCUT2D eigenvalue weighted by Crippen LogP contribution is -2.31. The number of rotatable bonds is 4. The lowest BCUT2D eigenvalue weighted by Gasteiger charge is -2.24. The fraction of sp³-hybridized carbons (Fsp3) is 0.529. The third-order valence-electron chi connectivity index (χ3n) is 4.35. The van der Waals surface area contributed by atoms with Crippen LogP contribution in [0.4, 0.5) is 0 Å². The number of furan rings is 1. The fourth-order valence-electron chi connectivity index (χ4n) is 3.25. The van der Waals surface area contributed by atoms with E-state index in [1.54, 1.807) is 0 Å². The first-order chi connectivity index (χ1) is 9.70. The van der Waals surface area contributed by atoms with Crippen LogP contribution in [0.1, 0.15) is 37.6 Å². The van der Waals surface area contributed by atoms with Gasteiger partial charge in [0.05, 0.1) is 12.1 Å². The third-order valence-corrected chi connectivity index (χ3v) is 4.35. The van der Waals surface area contributed by atoms with Gasteiger partial charge in [-0.25, -0.2) is 0 Å². The molecular weight excluding hydrogens is 250 g/mol. The Bertz CT molecular complexity index is 590. The van der Waals surface area contributed by atoms with Gasteiger partial charge in [-0.1, -0.05) is 25.1 Å². The molecule has 1 aromatic carbocycles. The molecule has 20 heavy (non-hydrogen) atoms. The van der Waals surface area contributed by atoms with Crippen LogP contribution in [0.15, 0.2) is 28.7 Å². The van der Waals surface area contributed by atoms with Crippen molar-refractivity contribution in [2.45, 2.75) is 39.3 Å². The number of hydrogen-bond donors (Lipinski definition) is 1. The predicted octanol–water partition coefficient (Wildman–Crippen LogP) is 3.82. The van der Waals surface area contributed by atoms with E-state index < -0.39 is 0 Å². The van der Waals surface area contributed by atoms with Crippen molar-refractivity contribution in [1.82, 2.24) is 5.32 Å². The zero-order valence-corrected chi connectivity index (χ0v) is 12.5. The summed E-state index contributed by atoms with van der Waals surface area (Å²) in [5.74, 6) is 1.52. The smallest absolute Gasteiger partial charge is 0.137 e. The monoisotopic (exact) mass is 273 g/mol. The van der Waals surface area contributed by atoms with Crippen molar-refractivity contribution in [2.24, 2.45) is 5.92 Å². The molecule has 1 N–H and O–H groups in total. The van der Waals surface area contributed by atoms with Gasteiger partial charge in [0.2, 0.25) is 0 Å². The van der Waals surface area contributed by atoms with Gasteiger partial charge in [-0.2, -0.15) is 0 Å². The molecule has 1 fully saturated rings. The number of ether oxygens (including phenoxy) is 1.